The van der Waals surface area contributed by atoms with Crippen LogP contribution in [0.5, 0.6) is 11.5 Å². The van der Waals surface area contributed by atoms with Gasteiger partial charge in [-0.15, -0.1) is 0 Å². The van der Waals surface area contributed by atoms with Gasteiger partial charge in [-0.1, -0.05) is 0 Å². The highest BCUT2D eigenvalue weighted by atomic mass is 19.1. The van der Waals surface area contributed by atoms with Gasteiger partial charge in [0, 0.05) is 50.4 Å². The average Bonchev–Trinajstić information content (AvgIpc) is 3.93. The lowest BCUT2D eigenvalue weighted by Crippen LogP contribution is -2.28. The van der Waals surface area contributed by atoms with Gasteiger partial charge in [0.2, 0.25) is 0 Å². The number of benzene rings is 1. The largest absolute Gasteiger partial charge is 0.494 e. The Morgan fingerprint density at radius 3 is 2.39 bits per heavy atom. The minimum atomic E-state index is -1.06. The number of hydrogen-bond donors (Lipinski definition) is 3. The Balaban J connectivity index is 1.51. The third kappa shape index (κ3) is 5.72. The number of nitrogens with two attached hydrogens (primary N) is 1. The maximum atomic E-state index is 15.6. The zero-order valence-corrected chi connectivity index (χ0v) is 24.6. The minimum absolute atomic E-state index is 0.0661. The van der Waals surface area contributed by atoms with Crippen LogP contribution in [0.15, 0.2) is 17.3 Å². The number of nitrogens with zero attached hydrogens (tertiary/aromatic N) is 5. The number of ether oxygens (including phenoxy) is 2. The van der Waals surface area contributed by atoms with E-state index in [-0.39, 0.29) is 65.3 Å². The molecule has 12 nitrogen and oxygen atoms in total. The summed E-state index contributed by atoms with van der Waals surface area (Å²) >= 11 is 0. The number of nitrogen functional groups attached to an aromatic ring is 1. The van der Waals surface area contributed by atoms with E-state index in [9.17, 15) is 14.7 Å². The van der Waals surface area contributed by atoms with Crippen molar-refractivity contribution in [3.8, 4) is 11.5 Å². The molecule has 2 saturated carbocycles. The number of carbonyl (C=O) groups excluding carboxylic acids is 1. The summed E-state index contributed by atoms with van der Waals surface area (Å²) in [6.45, 7) is 1.36. The molecule has 4 N–H and O–H groups in total. The van der Waals surface area contributed by atoms with Gasteiger partial charge in [-0.3, -0.25) is 14.5 Å². The second-order valence-corrected chi connectivity index (χ2v) is 11.7. The van der Waals surface area contributed by atoms with Crippen molar-refractivity contribution < 1.29 is 33.0 Å². The normalized spacial score (nSPS) is 18.6. The van der Waals surface area contributed by atoms with Gasteiger partial charge in [0.1, 0.15) is 11.5 Å². The number of carboxylic acid groups (broad SMARTS) is 1. The van der Waals surface area contributed by atoms with Crippen LogP contribution in [-0.4, -0.2) is 82.9 Å². The van der Waals surface area contributed by atoms with Crippen LogP contribution in [0.3, 0.4) is 0 Å². The smallest absolute Gasteiger partial charge is 0.407 e. The lowest BCUT2D eigenvalue weighted by Gasteiger charge is -2.15. The molecule has 2 aromatic heterocycles. The first-order chi connectivity index (χ1) is 21.2. The Morgan fingerprint density at radius 2 is 1.80 bits per heavy atom. The highest BCUT2D eigenvalue weighted by Gasteiger charge is 2.34. The molecule has 3 fully saturated rings. The van der Waals surface area contributed by atoms with Gasteiger partial charge >= 0.3 is 6.09 Å². The number of carbonyl (C=O) groups is 2. The predicted octanol–water partition coefficient (Wildman–Crippen LogP) is 3.82. The van der Waals surface area contributed by atoms with Gasteiger partial charge in [0.15, 0.2) is 23.1 Å². The van der Waals surface area contributed by atoms with Crippen molar-refractivity contribution in [2.75, 3.05) is 46.1 Å². The number of likely N-dealkylation sites (tertiary alicyclic amines) is 1. The molecule has 1 aliphatic heterocycles. The van der Waals surface area contributed by atoms with Crippen molar-refractivity contribution in [3.05, 3.63) is 40.7 Å². The number of anilines is 1. The fraction of sp³-hybridized carbons (Fsp3) is 0.500. The number of halogens is 2. The molecule has 1 saturated heterocycles. The van der Waals surface area contributed by atoms with E-state index in [1.807, 2.05) is 0 Å². The second kappa shape index (κ2) is 11.9. The van der Waals surface area contributed by atoms with Gasteiger partial charge in [0.25, 0.3) is 5.91 Å². The van der Waals surface area contributed by atoms with Crippen LogP contribution in [0.25, 0.3) is 10.9 Å². The molecule has 2 amide bonds. The van der Waals surface area contributed by atoms with Crippen molar-refractivity contribution >= 4 is 34.4 Å². The summed E-state index contributed by atoms with van der Waals surface area (Å²) in [5.74, 6) is -1.69. The predicted molar refractivity (Wildman–Crippen MR) is 158 cm³/mol. The Bertz CT molecular complexity index is 1620. The maximum absolute atomic E-state index is 15.6. The van der Waals surface area contributed by atoms with Crippen molar-refractivity contribution in [1.82, 2.24) is 25.0 Å². The van der Waals surface area contributed by atoms with E-state index in [1.54, 1.807) is 4.68 Å². The van der Waals surface area contributed by atoms with Crippen LogP contribution in [0.4, 0.5) is 19.4 Å². The molecule has 44 heavy (non-hydrogen) atoms. The maximum Gasteiger partial charge on any atom is 0.407 e. The Labute approximate surface area is 252 Å². The van der Waals surface area contributed by atoms with Gasteiger partial charge in [-0.2, -0.15) is 5.10 Å². The van der Waals surface area contributed by atoms with Crippen LogP contribution in [0, 0.1) is 23.5 Å². The summed E-state index contributed by atoms with van der Waals surface area (Å²) in [5.41, 5.74) is 7.23. The summed E-state index contributed by atoms with van der Waals surface area (Å²) in [6, 6.07) is 0.719. The molecule has 6 rings (SSSR count). The summed E-state index contributed by atoms with van der Waals surface area (Å²) in [7, 11) is 2.56. The number of methoxy groups -OCH3 is 2. The van der Waals surface area contributed by atoms with Crippen molar-refractivity contribution in [1.29, 1.82) is 0 Å². The topological polar surface area (TPSA) is 157 Å². The molecule has 1 atom stereocenters. The number of amides is 2. The molecule has 1 aromatic carbocycles. The summed E-state index contributed by atoms with van der Waals surface area (Å²) < 4.78 is 43.1. The number of pyridine rings is 1. The molecule has 3 heterocycles. The van der Waals surface area contributed by atoms with Crippen molar-refractivity contribution in [2.45, 2.75) is 44.6 Å². The van der Waals surface area contributed by atoms with Crippen LogP contribution < -0.4 is 20.5 Å². The Kier molecular flexibility index (Phi) is 7.99. The van der Waals surface area contributed by atoms with E-state index in [2.05, 4.69) is 10.3 Å². The Hall–Kier alpha value is -4.49. The van der Waals surface area contributed by atoms with E-state index in [0.717, 1.165) is 31.7 Å². The quantitative estimate of drug-likeness (QED) is 0.276. The third-order valence-corrected chi connectivity index (χ3v) is 8.55. The first-order valence-corrected chi connectivity index (χ1v) is 14.7. The van der Waals surface area contributed by atoms with Crippen LogP contribution in [0.1, 0.15) is 59.8 Å². The van der Waals surface area contributed by atoms with E-state index >= 15 is 8.78 Å². The molecular formula is C30H35F2N7O5. The summed E-state index contributed by atoms with van der Waals surface area (Å²) in [4.78, 5) is 35.6. The number of fused-ring (bicyclic) bond motifs is 1. The molecule has 3 aromatic rings. The van der Waals surface area contributed by atoms with Crippen LogP contribution in [-0.2, 0) is 6.42 Å². The fourth-order valence-electron chi connectivity index (χ4n) is 5.61. The highest BCUT2D eigenvalue weighted by Crippen LogP contribution is 2.37. The molecular weight excluding hydrogens is 576 g/mol. The zero-order chi connectivity index (χ0) is 31.1. The van der Waals surface area contributed by atoms with Crippen LogP contribution in [0.2, 0.25) is 0 Å². The number of aromatic nitrogens is 3. The van der Waals surface area contributed by atoms with E-state index < -0.39 is 23.8 Å². The molecule has 2 aliphatic carbocycles. The summed E-state index contributed by atoms with van der Waals surface area (Å²) in [6.07, 6.45) is 4.54. The molecule has 3 aliphatic rings. The first kappa shape index (κ1) is 29.6. The number of aliphatic imine (C=N–C) groups is 1. The SMILES string of the molecule is COc1cc(OC)c(F)c(C/C(=N\CC2CC2)c2nn(C3CCN(C(=O)O)C3)c3c(C(=O)NCC4CC4)cnc(N)c23)c1F. The summed E-state index contributed by atoms with van der Waals surface area (Å²) in [5, 5.41) is 17.8. The lowest BCUT2D eigenvalue weighted by molar-refractivity contribution is 0.0952. The number of hydrogen-bond acceptors (Lipinski definition) is 8. The molecule has 0 bridgehead atoms. The molecule has 234 valence electrons. The molecule has 14 heteroatoms. The molecule has 0 radical (unpaired) electrons. The number of rotatable bonds is 11. The Morgan fingerprint density at radius 1 is 1.11 bits per heavy atom. The fourth-order valence-corrected chi connectivity index (χ4v) is 5.61. The number of nitrogens with one attached hydrogen (secondary N) is 1. The van der Waals surface area contributed by atoms with Gasteiger partial charge in [-0.25, -0.2) is 18.6 Å². The second-order valence-electron chi connectivity index (χ2n) is 11.7. The molecule has 0 spiro atoms. The van der Waals surface area contributed by atoms with E-state index in [4.69, 9.17) is 25.3 Å². The van der Waals surface area contributed by atoms with Gasteiger partial charge in [-0.05, 0) is 43.9 Å². The highest BCUT2D eigenvalue weighted by molar-refractivity contribution is 6.17. The van der Waals surface area contributed by atoms with Crippen molar-refractivity contribution in [3.63, 3.8) is 0 Å². The zero-order valence-electron chi connectivity index (χ0n) is 24.6. The first-order valence-electron chi connectivity index (χ1n) is 14.7. The molecule has 1 unspecified atom stereocenters. The standard InChI is InChI=1S/C30H35F2N7O5/c1-43-21-10-22(44-2)25(32)18(24(21)31)9-20(34-11-15-3-4-15)26-23-27(39(37-26)17-7-8-38(14-17)30(41)42)19(13-35-28(23)33)29(40)36-12-16-5-6-16/h10,13,15-17H,3-9,11-12,14H2,1-2H3,(H2,33,35)(H,36,40)(H,41,42)/b34-20+. The van der Waals surface area contributed by atoms with Gasteiger partial charge in [0.05, 0.1) is 42.4 Å². The third-order valence-electron chi connectivity index (χ3n) is 8.55. The average molecular weight is 612 g/mol. The van der Waals surface area contributed by atoms with Crippen LogP contribution >= 0.6 is 0 Å². The van der Waals surface area contributed by atoms with Crippen molar-refractivity contribution in [2.24, 2.45) is 16.8 Å². The minimum Gasteiger partial charge on any atom is -0.494 e. The van der Waals surface area contributed by atoms with E-state index in [0.29, 0.717) is 42.2 Å². The van der Waals surface area contributed by atoms with E-state index in [1.165, 1.54) is 25.3 Å². The van der Waals surface area contributed by atoms with Gasteiger partial charge < -0.3 is 30.5 Å². The lowest BCUT2D eigenvalue weighted by atomic mass is 10.0. The monoisotopic (exact) mass is 611 g/mol.